The van der Waals surface area contributed by atoms with Crippen molar-refractivity contribution in [2.75, 3.05) is 6.61 Å². The maximum absolute atomic E-state index is 15.3. The first kappa shape index (κ1) is 27.1. The van der Waals surface area contributed by atoms with E-state index in [9.17, 15) is 14.6 Å². The van der Waals surface area contributed by atoms with E-state index in [1.807, 2.05) is 0 Å². The highest BCUT2D eigenvalue weighted by Gasteiger charge is 2.25. The Balaban J connectivity index is 1.23. The van der Waals surface area contributed by atoms with Crippen LogP contribution in [-0.2, 0) is 17.8 Å². The monoisotopic (exact) mass is 579 g/mol. The van der Waals surface area contributed by atoms with Crippen molar-refractivity contribution >= 4 is 22.5 Å². The van der Waals surface area contributed by atoms with Crippen LogP contribution < -0.4 is 9.57 Å². The Morgan fingerprint density at radius 2 is 1.88 bits per heavy atom. The van der Waals surface area contributed by atoms with E-state index in [4.69, 9.17) is 25.9 Å². The van der Waals surface area contributed by atoms with Crippen LogP contribution in [0.1, 0.15) is 29.5 Å². The molecule has 2 aromatic heterocycles. The molecule has 3 heterocycles. The fourth-order valence-electron chi connectivity index (χ4n) is 4.49. The van der Waals surface area contributed by atoms with Gasteiger partial charge < -0.3 is 24.5 Å². The molecule has 1 saturated heterocycles. The molecular formula is C30H24ClF2N3O5. The largest absolute Gasteiger partial charge is 0.473 e. The lowest BCUT2D eigenvalue weighted by molar-refractivity contribution is -0.0516. The van der Waals surface area contributed by atoms with Gasteiger partial charge in [0.1, 0.15) is 12.4 Å². The summed E-state index contributed by atoms with van der Waals surface area (Å²) in [6.45, 7) is 0.610. The second kappa shape index (κ2) is 11.4. The lowest BCUT2D eigenvalue weighted by Crippen LogP contribution is -2.30. The Morgan fingerprint density at radius 3 is 2.61 bits per heavy atom. The summed E-state index contributed by atoms with van der Waals surface area (Å²) in [5.41, 5.74) is 2.74. The van der Waals surface area contributed by atoms with Gasteiger partial charge >= 0.3 is 0 Å². The maximum Gasteiger partial charge on any atom is 0.214 e. The molecule has 1 fully saturated rings. The van der Waals surface area contributed by atoms with Crippen LogP contribution in [0.4, 0.5) is 8.78 Å². The van der Waals surface area contributed by atoms with Gasteiger partial charge in [0, 0.05) is 46.2 Å². The van der Waals surface area contributed by atoms with E-state index in [-0.39, 0.29) is 24.3 Å². The quantitative estimate of drug-likeness (QED) is 0.214. The average Bonchev–Trinajstić information content (AvgIpc) is 3.27. The lowest BCUT2D eigenvalue weighted by Gasteiger charge is -2.26. The Morgan fingerprint density at radius 1 is 1.02 bits per heavy atom. The van der Waals surface area contributed by atoms with Crippen LogP contribution in [0.5, 0.6) is 11.6 Å². The summed E-state index contributed by atoms with van der Waals surface area (Å²) in [6, 6.07) is 18.6. The van der Waals surface area contributed by atoms with Crippen molar-refractivity contribution < 1.29 is 33.3 Å². The number of aliphatic hydroxyl groups excluding tert-OH is 1. The molecule has 1 aliphatic heterocycles. The van der Waals surface area contributed by atoms with Crippen molar-refractivity contribution in [3.63, 3.8) is 0 Å². The topological polar surface area (TPSA) is 98.9 Å². The lowest BCUT2D eigenvalue weighted by atomic mass is 10.0. The molecule has 1 atom stereocenters. The molecule has 5 aromatic rings. The van der Waals surface area contributed by atoms with Gasteiger partial charge in [-0.2, -0.15) is 0 Å². The number of hydrogen-bond donors (Lipinski definition) is 2. The van der Waals surface area contributed by atoms with Crippen LogP contribution >= 0.6 is 11.6 Å². The second-order valence-corrected chi connectivity index (χ2v) is 10.0. The molecule has 0 spiro atoms. The zero-order chi connectivity index (χ0) is 28.5. The molecule has 0 amide bonds. The fraction of sp³-hybridized carbons (Fsp3) is 0.200. The molecule has 0 saturated carbocycles. The molecule has 0 aliphatic carbocycles. The Kier molecular flexibility index (Phi) is 7.55. The predicted molar refractivity (Wildman–Crippen MR) is 146 cm³/mol. The summed E-state index contributed by atoms with van der Waals surface area (Å²) >= 11 is 5.80. The number of rotatable bonds is 9. The zero-order valence-corrected chi connectivity index (χ0v) is 22.3. The molecule has 3 aromatic carbocycles. The molecule has 41 heavy (non-hydrogen) atoms. The van der Waals surface area contributed by atoms with E-state index >= 15 is 4.39 Å². The number of nitrogens with zero attached hydrogens (tertiary/aromatic N) is 3. The normalized spacial score (nSPS) is 14.8. The molecule has 1 unspecified atom stereocenters. The molecular weight excluding hydrogens is 556 g/mol. The van der Waals surface area contributed by atoms with E-state index in [0.29, 0.717) is 57.0 Å². The summed E-state index contributed by atoms with van der Waals surface area (Å²) in [6.07, 6.45) is -0.359. The van der Waals surface area contributed by atoms with E-state index in [1.165, 1.54) is 29.1 Å². The minimum Gasteiger partial charge on any atom is -0.473 e. The van der Waals surface area contributed by atoms with Crippen LogP contribution in [0.2, 0.25) is 5.02 Å². The van der Waals surface area contributed by atoms with Gasteiger partial charge in [-0.25, -0.2) is 13.8 Å². The van der Waals surface area contributed by atoms with Gasteiger partial charge in [0.15, 0.2) is 17.9 Å². The Bertz CT molecular complexity index is 1720. The third-order valence-corrected chi connectivity index (χ3v) is 7.04. The molecule has 6 rings (SSSR count). The number of ether oxygens (including phenoxy) is 2. The van der Waals surface area contributed by atoms with E-state index in [0.717, 1.165) is 6.42 Å². The highest BCUT2D eigenvalue weighted by molar-refractivity contribution is 6.30. The van der Waals surface area contributed by atoms with Crippen LogP contribution in [-0.4, -0.2) is 37.9 Å². The van der Waals surface area contributed by atoms with Crippen LogP contribution in [0.25, 0.3) is 22.2 Å². The number of fused-ring (bicyclic) bond motifs is 1. The summed E-state index contributed by atoms with van der Waals surface area (Å²) in [5, 5.41) is 24.6. The number of aromatic nitrogens is 3. The first-order valence-corrected chi connectivity index (χ1v) is 13.2. The molecule has 11 heteroatoms. The van der Waals surface area contributed by atoms with Crippen LogP contribution in [0, 0.1) is 11.6 Å². The van der Waals surface area contributed by atoms with Gasteiger partial charge in [0.05, 0.1) is 23.0 Å². The average molecular weight is 580 g/mol. The molecule has 2 N–H and O–H groups in total. The third kappa shape index (κ3) is 5.86. The van der Waals surface area contributed by atoms with Gasteiger partial charge in [-0.1, -0.05) is 34.6 Å². The summed E-state index contributed by atoms with van der Waals surface area (Å²) in [4.78, 5) is 11.6. The van der Waals surface area contributed by atoms with Gasteiger partial charge in [-0.3, -0.25) is 0 Å². The highest BCUT2D eigenvalue weighted by Crippen LogP contribution is 2.30. The van der Waals surface area contributed by atoms with Crippen molar-refractivity contribution in [3.8, 4) is 22.9 Å². The van der Waals surface area contributed by atoms with Gasteiger partial charge in [-0.15, -0.1) is 5.10 Å². The standard InChI is InChI=1S/C30H24ClF2N3O5/c31-20-7-4-19(23(32)14-20)16-40-29-3-1-2-25(34-29)17-6-9-28(24(33)13-17)41-36-27(15-21-10-11-39-21)22-12-18(30(37)38)5-8-26(22)35-36/h1-9,12-14,21,30,37-38H,10-11,15-16H2. The maximum atomic E-state index is 15.3. The highest BCUT2D eigenvalue weighted by atomic mass is 35.5. The molecule has 210 valence electrons. The smallest absolute Gasteiger partial charge is 0.214 e. The van der Waals surface area contributed by atoms with Crippen LogP contribution in [0.3, 0.4) is 0 Å². The van der Waals surface area contributed by atoms with Gasteiger partial charge in [0.25, 0.3) is 0 Å². The zero-order valence-electron chi connectivity index (χ0n) is 21.5. The number of hydrogen-bond acceptors (Lipinski definition) is 7. The van der Waals surface area contributed by atoms with Crippen molar-refractivity contribution in [2.24, 2.45) is 0 Å². The van der Waals surface area contributed by atoms with E-state index in [2.05, 4.69) is 10.1 Å². The van der Waals surface area contributed by atoms with Crippen molar-refractivity contribution in [1.29, 1.82) is 0 Å². The van der Waals surface area contributed by atoms with Crippen molar-refractivity contribution in [2.45, 2.75) is 31.8 Å². The summed E-state index contributed by atoms with van der Waals surface area (Å²) in [7, 11) is 0. The SMILES string of the molecule is OC(O)c1ccc2nn(Oc3ccc(-c4cccc(OCc5ccc(Cl)cc5F)n4)cc3F)c(CC3CCO3)c2c1. The first-order chi connectivity index (χ1) is 19.8. The summed E-state index contributed by atoms with van der Waals surface area (Å²) < 4.78 is 40.6. The van der Waals surface area contributed by atoms with Gasteiger partial charge in [0.2, 0.25) is 5.88 Å². The van der Waals surface area contributed by atoms with Gasteiger partial charge in [-0.05, 0) is 55.0 Å². The molecule has 0 radical (unpaired) electrons. The Labute approximate surface area is 238 Å². The number of benzene rings is 3. The second-order valence-electron chi connectivity index (χ2n) is 9.58. The molecule has 0 bridgehead atoms. The van der Waals surface area contributed by atoms with E-state index in [1.54, 1.807) is 48.5 Å². The van der Waals surface area contributed by atoms with E-state index < -0.39 is 17.9 Å². The number of pyridine rings is 1. The fourth-order valence-corrected chi connectivity index (χ4v) is 4.65. The minimum atomic E-state index is -1.64. The third-order valence-electron chi connectivity index (χ3n) is 6.80. The van der Waals surface area contributed by atoms with Crippen molar-refractivity contribution in [3.05, 3.63) is 106 Å². The number of aliphatic hydroxyl groups is 2. The molecule has 1 aliphatic rings. The molecule has 8 nitrogen and oxygen atoms in total. The van der Waals surface area contributed by atoms with Crippen molar-refractivity contribution in [1.82, 2.24) is 14.9 Å². The predicted octanol–water partition coefficient (Wildman–Crippen LogP) is 5.77. The number of halogens is 3. The first-order valence-electron chi connectivity index (χ1n) is 12.9. The Hall–Kier alpha value is -4.09. The summed E-state index contributed by atoms with van der Waals surface area (Å²) in [5.74, 6) is -0.941. The minimum absolute atomic E-state index is 0.0380. The van der Waals surface area contributed by atoms with Crippen LogP contribution in [0.15, 0.2) is 72.8 Å².